The van der Waals surface area contributed by atoms with Crippen molar-refractivity contribution in [3.05, 3.63) is 17.0 Å². The maximum absolute atomic E-state index is 11.7. The van der Waals surface area contributed by atoms with Crippen molar-refractivity contribution in [2.75, 3.05) is 13.2 Å². The molecule has 0 spiro atoms. The van der Waals surface area contributed by atoms with E-state index in [0.29, 0.717) is 30.9 Å². The molecule has 1 fully saturated rings. The summed E-state index contributed by atoms with van der Waals surface area (Å²) in [5.74, 6) is -0.354. The Bertz CT molecular complexity index is 545. The van der Waals surface area contributed by atoms with E-state index >= 15 is 0 Å². The zero-order valence-electron chi connectivity index (χ0n) is 10.0. The molecule has 0 bridgehead atoms. The molecule has 0 radical (unpaired) electrons. The van der Waals surface area contributed by atoms with Crippen LogP contribution in [0.1, 0.15) is 17.7 Å². The van der Waals surface area contributed by atoms with Gasteiger partial charge in [0.1, 0.15) is 10.3 Å². The number of rotatable bonds is 4. The number of thiophene rings is 1. The number of halogens is 1. The van der Waals surface area contributed by atoms with Crippen molar-refractivity contribution in [1.82, 2.24) is 0 Å². The van der Waals surface area contributed by atoms with E-state index in [1.54, 1.807) is 6.07 Å². The highest BCUT2D eigenvalue weighted by Crippen LogP contribution is 2.25. The van der Waals surface area contributed by atoms with Crippen LogP contribution in [0, 0.1) is 0 Å². The van der Waals surface area contributed by atoms with Gasteiger partial charge in [-0.2, -0.15) is 0 Å². The Balaban J connectivity index is 1.90. The topological polar surface area (TPSA) is 69.7 Å². The molecule has 1 aliphatic heterocycles. The molecule has 106 valence electrons. The molecule has 1 saturated heterocycles. The summed E-state index contributed by atoms with van der Waals surface area (Å²) in [5.41, 5.74) is 0. The van der Waals surface area contributed by atoms with Crippen LogP contribution in [-0.4, -0.2) is 33.7 Å². The van der Waals surface area contributed by atoms with Crippen LogP contribution in [0.4, 0.5) is 0 Å². The number of carbonyl (C=O) groups excluding carboxylic acids is 1. The fraction of sp³-hybridized carbons (Fsp3) is 0.545. The molecule has 1 aliphatic rings. The fourth-order valence-corrected chi connectivity index (χ4v) is 3.86. The third-order valence-corrected chi connectivity index (χ3v) is 5.84. The Hall–Kier alpha value is -0.630. The minimum atomic E-state index is -3.72. The molecule has 2 heterocycles. The Kier molecular flexibility index (Phi) is 4.83. The predicted molar refractivity (Wildman–Crippen MR) is 71.0 cm³/mol. The van der Waals surface area contributed by atoms with Crippen molar-refractivity contribution >= 4 is 37.0 Å². The molecule has 1 aromatic heterocycles. The predicted octanol–water partition coefficient (Wildman–Crippen LogP) is 1.94. The SMILES string of the molecule is O=C(Cc1ccc(S(=O)(=O)Cl)s1)OC1CCOCC1. The highest BCUT2D eigenvalue weighted by Gasteiger charge is 2.20. The quantitative estimate of drug-likeness (QED) is 0.625. The van der Waals surface area contributed by atoms with Crippen molar-refractivity contribution in [2.24, 2.45) is 0 Å². The van der Waals surface area contributed by atoms with Crippen molar-refractivity contribution in [3.8, 4) is 0 Å². The standard InChI is InChI=1S/C11H13ClO5S2/c12-19(14,15)11-2-1-9(18-11)7-10(13)17-8-3-5-16-6-4-8/h1-2,8H,3-7H2. The van der Waals surface area contributed by atoms with Crippen molar-refractivity contribution in [2.45, 2.75) is 29.6 Å². The lowest BCUT2D eigenvalue weighted by Crippen LogP contribution is -2.26. The van der Waals surface area contributed by atoms with E-state index in [0.717, 1.165) is 11.3 Å². The summed E-state index contributed by atoms with van der Waals surface area (Å²) in [4.78, 5) is 12.3. The van der Waals surface area contributed by atoms with Gasteiger partial charge in [0.05, 0.1) is 19.6 Å². The van der Waals surface area contributed by atoms with Gasteiger partial charge in [-0.15, -0.1) is 11.3 Å². The largest absolute Gasteiger partial charge is 0.462 e. The second kappa shape index (κ2) is 6.21. The summed E-state index contributed by atoms with van der Waals surface area (Å²) in [6.07, 6.45) is 1.38. The molecule has 0 aromatic carbocycles. The van der Waals surface area contributed by atoms with E-state index in [-0.39, 0.29) is 22.7 Å². The summed E-state index contributed by atoms with van der Waals surface area (Å²) >= 11 is 0.985. The first kappa shape index (κ1) is 14.8. The molecular weight excluding hydrogens is 312 g/mol. The summed E-state index contributed by atoms with van der Waals surface area (Å²) in [7, 11) is 1.49. The van der Waals surface area contributed by atoms with Crippen LogP contribution in [-0.2, 0) is 29.7 Å². The maximum atomic E-state index is 11.7. The smallest absolute Gasteiger partial charge is 0.311 e. The zero-order chi connectivity index (χ0) is 13.9. The van der Waals surface area contributed by atoms with Gasteiger partial charge in [0.2, 0.25) is 0 Å². The average Bonchev–Trinajstić information content (AvgIpc) is 2.78. The van der Waals surface area contributed by atoms with Crippen LogP contribution in [0.2, 0.25) is 0 Å². The Morgan fingerprint density at radius 1 is 1.42 bits per heavy atom. The first-order valence-electron chi connectivity index (χ1n) is 5.76. The van der Waals surface area contributed by atoms with Crippen LogP contribution in [0.3, 0.4) is 0 Å². The number of ether oxygens (including phenoxy) is 2. The van der Waals surface area contributed by atoms with Gasteiger partial charge in [-0.05, 0) is 12.1 Å². The highest BCUT2D eigenvalue weighted by molar-refractivity contribution is 8.15. The minimum absolute atomic E-state index is 0.0445. The maximum Gasteiger partial charge on any atom is 0.311 e. The lowest BCUT2D eigenvalue weighted by Gasteiger charge is -2.22. The molecular formula is C11H13ClO5S2. The van der Waals surface area contributed by atoms with Crippen molar-refractivity contribution in [1.29, 1.82) is 0 Å². The Morgan fingerprint density at radius 3 is 2.68 bits per heavy atom. The molecule has 0 unspecified atom stereocenters. The second-order valence-electron chi connectivity index (χ2n) is 4.14. The highest BCUT2D eigenvalue weighted by atomic mass is 35.7. The molecule has 19 heavy (non-hydrogen) atoms. The van der Waals surface area contributed by atoms with Gasteiger partial charge in [0, 0.05) is 28.4 Å². The second-order valence-corrected chi connectivity index (χ2v) is 8.10. The third kappa shape index (κ3) is 4.45. The van der Waals surface area contributed by atoms with Crippen molar-refractivity contribution in [3.63, 3.8) is 0 Å². The monoisotopic (exact) mass is 324 g/mol. The average molecular weight is 325 g/mol. The van der Waals surface area contributed by atoms with Gasteiger partial charge in [-0.3, -0.25) is 4.79 Å². The molecule has 1 aromatic rings. The van der Waals surface area contributed by atoms with Gasteiger partial charge in [-0.25, -0.2) is 8.42 Å². The van der Waals surface area contributed by atoms with E-state index in [1.165, 1.54) is 6.07 Å². The summed E-state index contributed by atoms with van der Waals surface area (Å²) < 4.78 is 32.7. The zero-order valence-corrected chi connectivity index (χ0v) is 12.4. The van der Waals surface area contributed by atoms with Crippen LogP contribution < -0.4 is 0 Å². The van der Waals surface area contributed by atoms with Crippen LogP contribution in [0.5, 0.6) is 0 Å². The number of hydrogen-bond donors (Lipinski definition) is 0. The van der Waals surface area contributed by atoms with E-state index < -0.39 is 9.05 Å². The molecule has 5 nitrogen and oxygen atoms in total. The third-order valence-electron chi connectivity index (χ3n) is 2.66. The fourth-order valence-electron chi connectivity index (χ4n) is 1.75. The molecule has 0 amide bonds. The molecule has 0 aliphatic carbocycles. The summed E-state index contributed by atoms with van der Waals surface area (Å²) in [6, 6.07) is 2.97. The van der Waals surface area contributed by atoms with E-state index in [9.17, 15) is 13.2 Å². The first-order valence-corrected chi connectivity index (χ1v) is 8.88. The van der Waals surface area contributed by atoms with Crippen LogP contribution >= 0.6 is 22.0 Å². The van der Waals surface area contributed by atoms with E-state index in [2.05, 4.69) is 0 Å². The molecule has 0 N–H and O–H groups in total. The lowest BCUT2D eigenvalue weighted by molar-refractivity contribution is -0.152. The number of carbonyl (C=O) groups is 1. The van der Waals surface area contributed by atoms with Gasteiger partial charge >= 0.3 is 5.97 Å². The molecule has 0 atom stereocenters. The summed E-state index contributed by atoms with van der Waals surface area (Å²) in [5, 5.41) is 0. The van der Waals surface area contributed by atoms with E-state index in [4.69, 9.17) is 20.2 Å². The first-order chi connectivity index (χ1) is 8.95. The minimum Gasteiger partial charge on any atom is -0.462 e. The Morgan fingerprint density at radius 2 is 2.11 bits per heavy atom. The van der Waals surface area contributed by atoms with E-state index in [1.807, 2.05) is 0 Å². The van der Waals surface area contributed by atoms with Crippen LogP contribution in [0.25, 0.3) is 0 Å². The Labute approximate surface area is 119 Å². The van der Waals surface area contributed by atoms with Crippen molar-refractivity contribution < 1.29 is 22.7 Å². The summed E-state index contributed by atoms with van der Waals surface area (Å²) in [6.45, 7) is 1.21. The van der Waals surface area contributed by atoms with Gasteiger partial charge in [0.25, 0.3) is 9.05 Å². The van der Waals surface area contributed by atoms with Gasteiger partial charge in [-0.1, -0.05) is 0 Å². The normalized spacial score (nSPS) is 17.3. The van der Waals surface area contributed by atoms with Gasteiger partial charge < -0.3 is 9.47 Å². The number of esters is 1. The van der Waals surface area contributed by atoms with Gasteiger partial charge in [0.15, 0.2) is 0 Å². The molecule has 8 heteroatoms. The lowest BCUT2D eigenvalue weighted by atomic mass is 10.1. The molecule has 2 rings (SSSR count). The number of hydrogen-bond acceptors (Lipinski definition) is 6. The molecule has 0 saturated carbocycles. The van der Waals surface area contributed by atoms with Crippen LogP contribution in [0.15, 0.2) is 16.3 Å².